The van der Waals surface area contributed by atoms with Gasteiger partial charge in [-0.1, -0.05) is 0 Å². The quantitative estimate of drug-likeness (QED) is 0.880. The van der Waals surface area contributed by atoms with E-state index in [1.807, 2.05) is 12.4 Å². The molecule has 0 saturated carbocycles. The summed E-state index contributed by atoms with van der Waals surface area (Å²) in [6.45, 7) is 1.98. The van der Waals surface area contributed by atoms with Gasteiger partial charge < -0.3 is 16.0 Å². The zero-order valence-corrected chi connectivity index (χ0v) is 12.4. The van der Waals surface area contributed by atoms with Crippen LogP contribution in [0, 0.1) is 0 Å². The number of thiophene rings is 1. The fourth-order valence-corrected chi connectivity index (χ4v) is 3.87. The highest BCUT2D eigenvalue weighted by Crippen LogP contribution is 2.36. The molecule has 2 aromatic rings. The maximum absolute atomic E-state index is 5.81. The van der Waals surface area contributed by atoms with Gasteiger partial charge in [-0.3, -0.25) is 0 Å². The first kappa shape index (κ1) is 12.1. The number of likely N-dealkylation sites (N-methyl/N-ethyl adjacent to an activating group) is 1. The van der Waals surface area contributed by atoms with Crippen molar-refractivity contribution in [2.75, 3.05) is 30.8 Å². The minimum Gasteiger partial charge on any atom is -0.368 e. The Morgan fingerprint density at radius 1 is 1.56 bits per heavy atom. The number of nitrogens with zero attached hydrogens (tertiary/aromatic N) is 3. The number of rotatable bonds is 2. The normalized spacial score (nSPS) is 19.9. The molecule has 0 bridgehead atoms. The molecule has 96 valence electrons. The number of hydrogen-bond acceptors (Lipinski definition) is 6. The summed E-state index contributed by atoms with van der Waals surface area (Å²) in [5.41, 5.74) is 6.72. The third-order valence-corrected chi connectivity index (χ3v) is 5.14. The van der Waals surface area contributed by atoms with Crippen LogP contribution >= 0.6 is 27.3 Å². The first-order chi connectivity index (χ1) is 8.69. The molecular weight excluding hydrogens is 314 g/mol. The van der Waals surface area contributed by atoms with Crippen LogP contribution in [-0.2, 0) is 0 Å². The van der Waals surface area contributed by atoms with Crippen molar-refractivity contribution in [2.45, 2.75) is 12.5 Å². The Morgan fingerprint density at radius 2 is 2.39 bits per heavy atom. The number of nitrogens with two attached hydrogens (primary N) is 1. The van der Waals surface area contributed by atoms with E-state index in [-0.39, 0.29) is 0 Å². The summed E-state index contributed by atoms with van der Waals surface area (Å²) in [6.07, 6.45) is 1.13. The zero-order valence-electron chi connectivity index (χ0n) is 9.98. The van der Waals surface area contributed by atoms with Crippen LogP contribution in [0.15, 0.2) is 9.85 Å². The van der Waals surface area contributed by atoms with Gasteiger partial charge in [0.05, 0.1) is 9.17 Å². The number of halogens is 1. The lowest BCUT2D eigenvalue weighted by atomic mass is 10.3. The summed E-state index contributed by atoms with van der Waals surface area (Å²) in [7, 11) is 2.00. The van der Waals surface area contributed by atoms with Crippen LogP contribution in [0.5, 0.6) is 0 Å². The average Bonchev–Trinajstić information content (AvgIpc) is 2.96. The van der Waals surface area contributed by atoms with Crippen LogP contribution in [0.3, 0.4) is 0 Å². The second-order valence-electron chi connectivity index (χ2n) is 4.39. The molecule has 0 amide bonds. The molecule has 0 aliphatic carbocycles. The van der Waals surface area contributed by atoms with E-state index >= 15 is 0 Å². The first-order valence-corrected chi connectivity index (χ1v) is 7.48. The Morgan fingerprint density at radius 3 is 3.11 bits per heavy atom. The van der Waals surface area contributed by atoms with Gasteiger partial charge in [-0.2, -0.15) is 4.98 Å². The Hall–Kier alpha value is -0.920. The van der Waals surface area contributed by atoms with Crippen molar-refractivity contribution in [3.8, 4) is 0 Å². The lowest BCUT2D eigenvalue weighted by Gasteiger charge is -2.18. The molecule has 1 atom stereocenters. The van der Waals surface area contributed by atoms with Crippen molar-refractivity contribution >= 4 is 49.2 Å². The Labute approximate surface area is 118 Å². The standard InChI is InChI=1S/C11H14BrN5S/c1-14-6-2-3-17(4-6)10-9-8(7(12)5-18-9)15-11(13)16-10/h5-6,14H,2-4H2,1H3,(H2,13,15,16)/t6-/m0/s1. The van der Waals surface area contributed by atoms with Crippen molar-refractivity contribution in [1.82, 2.24) is 15.3 Å². The topological polar surface area (TPSA) is 67.1 Å². The monoisotopic (exact) mass is 327 g/mol. The van der Waals surface area contributed by atoms with Crippen molar-refractivity contribution in [3.63, 3.8) is 0 Å². The van der Waals surface area contributed by atoms with Crippen LogP contribution < -0.4 is 16.0 Å². The molecule has 2 aromatic heterocycles. The van der Waals surface area contributed by atoms with Gasteiger partial charge in [-0.15, -0.1) is 11.3 Å². The van der Waals surface area contributed by atoms with Crippen molar-refractivity contribution in [1.29, 1.82) is 0 Å². The fraction of sp³-hybridized carbons (Fsp3) is 0.455. The van der Waals surface area contributed by atoms with E-state index < -0.39 is 0 Å². The van der Waals surface area contributed by atoms with Crippen LogP contribution in [0.25, 0.3) is 10.2 Å². The molecule has 1 saturated heterocycles. The molecule has 1 fully saturated rings. The molecule has 0 radical (unpaired) electrons. The predicted octanol–water partition coefficient (Wildman–Crippen LogP) is 1.83. The second kappa shape index (κ2) is 4.64. The maximum atomic E-state index is 5.81. The van der Waals surface area contributed by atoms with Gasteiger partial charge in [0.1, 0.15) is 5.52 Å². The van der Waals surface area contributed by atoms with E-state index in [1.54, 1.807) is 11.3 Å². The number of aromatic nitrogens is 2. The molecule has 0 unspecified atom stereocenters. The van der Waals surface area contributed by atoms with Crippen molar-refractivity contribution in [3.05, 3.63) is 9.85 Å². The Kier molecular flexibility index (Phi) is 3.13. The minimum atomic E-state index is 0.338. The van der Waals surface area contributed by atoms with Gasteiger partial charge >= 0.3 is 0 Å². The predicted molar refractivity (Wildman–Crippen MR) is 79.2 cm³/mol. The third-order valence-electron chi connectivity index (χ3n) is 3.27. The first-order valence-electron chi connectivity index (χ1n) is 5.81. The number of fused-ring (bicyclic) bond motifs is 1. The summed E-state index contributed by atoms with van der Waals surface area (Å²) in [5.74, 6) is 1.30. The lowest BCUT2D eigenvalue weighted by Crippen LogP contribution is -2.30. The number of anilines is 2. The van der Waals surface area contributed by atoms with Crippen molar-refractivity contribution < 1.29 is 0 Å². The van der Waals surface area contributed by atoms with E-state index in [1.165, 1.54) is 0 Å². The zero-order chi connectivity index (χ0) is 12.7. The molecule has 3 N–H and O–H groups in total. The fourth-order valence-electron chi connectivity index (χ4n) is 2.29. The van der Waals surface area contributed by atoms with Crippen LogP contribution in [0.4, 0.5) is 11.8 Å². The highest BCUT2D eigenvalue weighted by Gasteiger charge is 2.25. The van der Waals surface area contributed by atoms with E-state index in [4.69, 9.17) is 5.73 Å². The van der Waals surface area contributed by atoms with Gasteiger partial charge in [0.2, 0.25) is 5.95 Å². The van der Waals surface area contributed by atoms with Gasteiger partial charge in [-0.25, -0.2) is 4.98 Å². The summed E-state index contributed by atoms with van der Waals surface area (Å²) in [5, 5.41) is 5.34. The van der Waals surface area contributed by atoms with E-state index in [0.717, 1.165) is 40.0 Å². The van der Waals surface area contributed by atoms with E-state index in [0.29, 0.717) is 12.0 Å². The van der Waals surface area contributed by atoms with Gasteiger partial charge in [0.25, 0.3) is 0 Å². The SMILES string of the molecule is CN[C@H]1CCN(c2nc(N)nc3c(Br)csc23)C1. The average molecular weight is 328 g/mol. The summed E-state index contributed by atoms with van der Waals surface area (Å²) < 4.78 is 2.09. The Balaban J connectivity index is 2.06. The van der Waals surface area contributed by atoms with Gasteiger partial charge in [0, 0.05) is 24.5 Å². The molecule has 3 rings (SSSR count). The molecule has 5 nitrogen and oxygen atoms in total. The lowest BCUT2D eigenvalue weighted by molar-refractivity contribution is 0.616. The third kappa shape index (κ3) is 1.96. The number of nitrogens with one attached hydrogen (secondary N) is 1. The second-order valence-corrected chi connectivity index (χ2v) is 6.12. The molecule has 7 heteroatoms. The highest BCUT2D eigenvalue weighted by molar-refractivity contribution is 9.10. The molecule has 3 heterocycles. The molecule has 18 heavy (non-hydrogen) atoms. The molecule has 0 aromatic carbocycles. The Bertz CT molecular complexity index is 584. The number of nitrogen functional groups attached to an aromatic ring is 1. The van der Waals surface area contributed by atoms with Crippen molar-refractivity contribution in [2.24, 2.45) is 0 Å². The smallest absolute Gasteiger partial charge is 0.222 e. The summed E-state index contributed by atoms with van der Waals surface area (Å²) in [4.78, 5) is 11.0. The summed E-state index contributed by atoms with van der Waals surface area (Å²) in [6, 6.07) is 0.527. The van der Waals surface area contributed by atoms with E-state index in [9.17, 15) is 0 Å². The summed E-state index contributed by atoms with van der Waals surface area (Å²) >= 11 is 5.16. The van der Waals surface area contributed by atoms with Crippen LogP contribution in [-0.4, -0.2) is 36.1 Å². The minimum absolute atomic E-state index is 0.338. The number of hydrogen-bond donors (Lipinski definition) is 2. The largest absolute Gasteiger partial charge is 0.368 e. The molecule has 1 aliphatic rings. The maximum Gasteiger partial charge on any atom is 0.222 e. The van der Waals surface area contributed by atoms with Gasteiger partial charge in [-0.05, 0) is 29.4 Å². The molecule has 1 aliphatic heterocycles. The van der Waals surface area contributed by atoms with Gasteiger partial charge in [0.15, 0.2) is 5.82 Å². The van der Waals surface area contributed by atoms with Crippen LogP contribution in [0.2, 0.25) is 0 Å². The molecule has 0 spiro atoms. The molecular formula is C11H14BrN5S. The highest BCUT2D eigenvalue weighted by atomic mass is 79.9. The van der Waals surface area contributed by atoms with E-state index in [2.05, 4.69) is 36.1 Å². The van der Waals surface area contributed by atoms with Crippen LogP contribution in [0.1, 0.15) is 6.42 Å².